The molecule has 0 aromatic heterocycles. The fourth-order valence-corrected chi connectivity index (χ4v) is 3.11. The quantitative estimate of drug-likeness (QED) is 0.546. The molecule has 2 aliphatic rings. The van der Waals surface area contributed by atoms with Crippen LogP contribution in [0.1, 0.15) is 33.6 Å². The summed E-state index contributed by atoms with van der Waals surface area (Å²) < 4.78 is 11.7. The van der Waals surface area contributed by atoms with Crippen LogP contribution in [0, 0.1) is 5.92 Å². The second-order valence-corrected chi connectivity index (χ2v) is 11.4. The maximum atomic E-state index is 6.23. The van der Waals surface area contributed by atoms with E-state index >= 15 is 0 Å². The van der Waals surface area contributed by atoms with Gasteiger partial charge in [-0.25, -0.2) is 0 Å². The van der Waals surface area contributed by atoms with E-state index in [1.54, 1.807) is 0 Å². The van der Waals surface area contributed by atoms with Crippen molar-refractivity contribution < 1.29 is 9.16 Å². The van der Waals surface area contributed by atoms with E-state index in [1.165, 1.54) is 12.8 Å². The Kier molecular flexibility index (Phi) is 2.77. The normalized spacial score (nSPS) is 35.4. The first kappa shape index (κ1) is 11.6. The molecule has 2 rings (SSSR count). The molecule has 1 heterocycles. The number of ether oxygens (including phenoxy) is 1. The van der Waals surface area contributed by atoms with Crippen molar-refractivity contribution in [2.24, 2.45) is 5.92 Å². The van der Waals surface area contributed by atoms with Gasteiger partial charge in [-0.15, -0.1) is 0 Å². The molecule has 2 unspecified atom stereocenters. The molecule has 0 spiro atoms. The lowest BCUT2D eigenvalue weighted by molar-refractivity contribution is 0.184. The van der Waals surface area contributed by atoms with Crippen LogP contribution in [0.25, 0.3) is 0 Å². The third kappa shape index (κ3) is 2.45. The standard InChI is InChI=1S/C12H24O2Si/c1-12(2,3)15(4,5)13-8-9-6-10-11(7-9)14-10/h9-11H,6-8H2,1-5H3. The van der Waals surface area contributed by atoms with Crippen molar-refractivity contribution in [3.63, 3.8) is 0 Å². The van der Waals surface area contributed by atoms with E-state index in [1.807, 2.05) is 0 Å². The third-order valence-corrected chi connectivity index (χ3v) is 8.81. The van der Waals surface area contributed by atoms with E-state index in [-0.39, 0.29) is 0 Å². The second kappa shape index (κ2) is 3.57. The van der Waals surface area contributed by atoms with Crippen LogP contribution in [0.4, 0.5) is 0 Å². The maximum absolute atomic E-state index is 6.23. The fourth-order valence-electron chi connectivity index (χ4n) is 2.03. The van der Waals surface area contributed by atoms with Crippen LogP contribution in [0.3, 0.4) is 0 Å². The Bertz CT molecular complexity index is 234. The molecular weight excluding hydrogens is 204 g/mol. The summed E-state index contributed by atoms with van der Waals surface area (Å²) in [4.78, 5) is 0. The lowest BCUT2D eigenvalue weighted by Crippen LogP contribution is -2.41. The molecular formula is C12H24O2Si. The topological polar surface area (TPSA) is 21.8 Å². The van der Waals surface area contributed by atoms with Gasteiger partial charge >= 0.3 is 0 Å². The van der Waals surface area contributed by atoms with Gasteiger partial charge in [0.1, 0.15) is 0 Å². The molecule has 0 aromatic carbocycles. The predicted molar refractivity (Wildman–Crippen MR) is 64.5 cm³/mol. The van der Waals surface area contributed by atoms with Crippen molar-refractivity contribution in [2.45, 2.75) is 64.0 Å². The van der Waals surface area contributed by atoms with Gasteiger partial charge in [0.2, 0.25) is 0 Å². The minimum Gasteiger partial charge on any atom is -0.417 e. The van der Waals surface area contributed by atoms with E-state index in [4.69, 9.17) is 9.16 Å². The summed E-state index contributed by atoms with van der Waals surface area (Å²) in [5.41, 5.74) is 0. The van der Waals surface area contributed by atoms with Crippen molar-refractivity contribution in [1.82, 2.24) is 0 Å². The van der Waals surface area contributed by atoms with Gasteiger partial charge in [0.05, 0.1) is 12.2 Å². The predicted octanol–water partition coefficient (Wildman–Crippen LogP) is 3.19. The molecule has 15 heavy (non-hydrogen) atoms. The van der Waals surface area contributed by atoms with Crippen molar-refractivity contribution >= 4 is 8.32 Å². The first-order valence-electron chi connectivity index (χ1n) is 6.09. The summed E-state index contributed by atoms with van der Waals surface area (Å²) >= 11 is 0. The molecule has 1 aliphatic heterocycles. The zero-order chi connectivity index (χ0) is 11.3. The highest BCUT2D eigenvalue weighted by atomic mass is 28.4. The average molecular weight is 228 g/mol. The number of fused-ring (bicyclic) bond motifs is 1. The summed E-state index contributed by atoms with van der Waals surface area (Å²) in [6, 6.07) is 0. The van der Waals surface area contributed by atoms with Crippen molar-refractivity contribution in [1.29, 1.82) is 0 Å². The molecule has 2 nitrogen and oxygen atoms in total. The van der Waals surface area contributed by atoms with Crippen LogP contribution >= 0.6 is 0 Å². The highest BCUT2D eigenvalue weighted by Crippen LogP contribution is 2.43. The first-order valence-corrected chi connectivity index (χ1v) is 9.00. The number of epoxide rings is 1. The smallest absolute Gasteiger partial charge is 0.191 e. The van der Waals surface area contributed by atoms with Crippen LogP contribution in [0.15, 0.2) is 0 Å². The molecule has 1 aliphatic carbocycles. The van der Waals surface area contributed by atoms with E-state index < -0.39 is 8.32 Å². The molecule has 1 saturated heterocycles. The van der Waals surface area contributed by atoms with Gasteiger partial charge in [-0.1, -0.05) is 20.8 Å². The molecule has 0 amide bonds. The molecule has 0 aromatic rings. The van der Waals surface area contributed by atoms with Crippen LogP contribution in [0.5, 0.6) is 0 Å². The van der Waals surface area contributed by atoms with Crippen LogP contribution in [-0.2, 0) is 9.16 Å². The minimum atomic E-state index is -1.52. The SMILES string of the molecule is CC(C)(C)[Si](C)(C)OCC1CC2OC2C1. The minimum absolute atomic E-state index is 0.338. The molecule has 2 fully saturated rings. The molecule has 0 N–H and O–H groups in total. The van der Waals surface area contributed by atoms with E-state index in [9.17, 15) is 0 Å². The molecule has 88 valence electrons. The van der Waals surface area contributed by atoms with Crippen molar-refractivity contribution in [2.75, 3.05) is 6.61 Å². The number of hydrogen-bond acceptors (Lipinski definition) is 2. The fraction of sp³-hybridized carbons (Fsp3) is 1.00. The maximum Gasteiger partial charge on any atom is 0.191 e. The van der Waals surface area contributed by atoms with Crippen molar-refractivity contribution in [3.8, 4) is 0 Å². The largest absolute Gasteiger partial charge is 0.417 e. The molecule has 1 saturated carbocycles. The Morgan fingerprint density at radius 3 is 2.20 bits per heavy atom. The average Bonchev–Trinajstić information content (AvgIpc) is 2.69. The summed E-state index contributed by atoms with van der Waals surface area (Å²) in [6.45, 7) is 12.5. The van der Waals surface area contributed by atoms with Gasteiger partial charge in [0.25, 0.3) is 0 Å². The Morgan fingerprint density at radius 2 is 1.73 bits per heavy atom. The van der Waals surface area contributed by atoms with Crippen molar-refractivity contribution in [3.05, 3.63) is 0 Å². The van der Waals surface area contributed by atoms with Gasteiger partial charge < -0.3 is 9.16 Å². The van der Waals surface area contributed by atoms with E-state index in [0.717, 1.165) is 12.5 Å². The number of rotatable bonds is 3. The van der Waals surface area contributed by atoms with E-state index in [0.29, 0.717) is 17.2 Å². The molecule has 0 bridgehead atoms. The second-order valence-electron chi connectivity index (χ2n) is 6.62. The van der Waals surface area contributed by atoms with Gasteiger partial charge in [-0.3, -0.25) is 0 Å². The third-order valence-electron chi connectivity index (χ3n) is 4.30. The van der Waals surface area contributed by atoms with Crippen LogP contribution < -0.4 is 0 Å². The Labute approximate surface area is 94.5 Å². The Morgan fingerprint density at radius 1 is 1.20 bits per heavy atom. The molecule has 0 radical (unpaired) electrons. The number of hydrogen-bond donors (Lipinski definition) is 0. The monoisotopic (exact) mass is 228 g/mol. The van der Waals surface area contributed by atoms with E-state index in [2.05, 4.69) is 33.9 Å². The lowest BCUT2D eigenvalue weighted by atomic mass is 10.1. The molecule has 2 atom stereocenters. The summed E-state index contributed by atoms with van der Waals surface area (Å²) in [5, 5.41) is 0.338. The zero-order valence-corrected chi connectivity index (χ0v) is 11.7. The van der Waals surface area contributed by atoms with Gasteiger partial charge in [0.15, 0.2) is 8.32 Å². The summed E-state index contributed by atoms with van der Waals surface area (Å²) in [7, 11) is -1.52. The summed E-state index contributed by atoms with van der Waals surface area (Å²) in [5.74, 6) is 0.767. The zero-order valence-electron chi connectivity index (χ0n) is 10.7. The van der Waals surface area contributed by atoms with Crippen LogP contribution in [0.2, 0.25) is 18.1 Å². The first-order chi connectivity index (χ1) is 6.79. The molecule has 3 heteroatoms. The van der Waals surface area contributed by atoms with Gasteiger partial charge in [-0.05, 0) is 36.9 Å². The highest BCUT2D eigenvalue weighted by Gasteiger charge is 2.48. The van der Waals surface area contributed by atoms with Gasteiger partial charge in [0, 0.05) is 6.61 Å². The highest BCUT2D eigenvalue weighted by molar-refractivity contribution is 6.74. The Balaban J connectivity index is 1.77. The lowest BCUT2D eigenvalue weighted by Gasteiger charge is -2.37. The van der Waals surface area contributed by atoms with Gasteiger partial charge in [-0.2, -0.15) is 0 Å². The summed E-state index contributed by atoms with van der Waals surface area (Å²) in [6.07, 6.45) is 3.66. The van der Waals surface area contributed by atoms with Crippen LogP contribution in [-0.4, -0.2) is 27.1 Å². The Hall–Kier alpha value is 0.137.